The summed E-state index contributed by atoms with van der Waals surface area (Å²) >= 11 is 0. The summed E-state index contributed by atoms with van der Waals surface area (Å²) in [4.78, 5) is 9.95. The highest BCUT2D eigenvalue weighted by Crippen LogP contribution is 2.36. The first-order chi connectivity index (χ1) is 8.88. The minimum absolute atomic E-state index is 0.133. The van der Waals surface area contributed by atoms with Gasteiger partial charge in [0.1, 0.15) is 6.10 Å². The van der Waals surface area contributed by atoms with E-state index in [1.165, 1.54) is 0 Å². The Labute approximate surface area is 106 Å². The van der Waals surface area contributed by atoms with E-state index in [-0.39, 0.29) is 11.9 Å². The number of alkyl halides is 3. The van der Waals surface area contributed by atoms with Crippen LogP contribution < -0.4 is 10.1 Å². The van der Waals surface area contributed by atoms with Gasteiger partial charge < -0.3 is 10.1 Å². The molecule has 1 aliphatic rings. The van der Waals surface area contributed by atoms with E-state index in [2.05, 4.69) is 5.32 Å². The van der Waals surface area contributed by atoms with Crippen molar-refractivity contribution in [2.45, 2.75) is 18.7 Å². The maximum Gasteiger partial charge on any atom is 0.416 e. The van der Waals surface area contributed by atoms with Crippen LogP contribution in [0.2, 0.25) is 0 Å². The molecule has 0 spiro atoms. The molecule has 19 heavy (non-hydrogen) atoms. The Balaban J connectivity index is 2.29. The first kappa shape index (κ1) is 13.6. The van der Waals surface area contributed by atoms with Crippen LogP contribution in [0.25, 0.3) is 0 Å². The van der Waals surface area contributed by atoms with Crippen LogP contribution in [0.1, 0.15) is 12.0 Å². The van der Waals surface area contributed by atoms with Gasteiger partial charge in [-0.05, 0) is 25.1 Å². The van der Waals surface area contributed by atoms with Crippen LogP contribution in [-0.4, -0.2) is 24.1 Å². The zero-order valence-corrected chi connectivity index (χ0v) is 9.74. The van der Waals surface area contributed by atoms with E-state index in [1.807, 2.05) is 0 Å². The molecule has 8 heteroatoms. The number of rotatable bonds is 3. The molecule has 104 valence electrons. The average Bonchev–Trinajstić information content (AvgIpc) is 2.80. The molecule has 0 saturated carbocycles. The van der Waals surface area contributed by atoms with E-state index in [4.69, 9.17) is 4.74 Å². The van der Waals surface area contributed by atoms with Gasteiger partial charge in [0, 0.05) is 12.6 Å². The normalized spacial score (nSPS) is 19.4. The Bertz CT molecular complexity index is 485. The predicted molar refractivity (Wildman–Crippen MR) is 60.0 cm³/mol. The largest absolute Gasteiger partial charge is 0.482 e. The topological polar surface area (TPSA) is 64.4 Å². The third-order valence-corrected chi connectivity index (χ3v) is 2.79. The number of ether oxygens (including phenoxy) is 1. The summed E-state index contributed by atoms with van der Waals surface area (Å²) in [5, 5.41) is 13.8. The van der Waals surface area contributed by atoms with Gasteiger partial charge in [0.25, 0.3) is 0 Å². The van der Waals surface area contributed by atoms with E-state index in [0.29, 0.717) is 19.0 Å². The maximum atomic E-state index is 12.5. The summed E-state index contributed by atoms with van der Waals surface area (Å²) in [6.07, 6.45) is -4.20. The van der Waals surface area contributed by atoms with Crippen LogP contribution in [-0.2, 0) is 6.18 Å². The summed E-state index contributed by atoms with van der Waals surface area (Å²) in [5.74, 6) is -0.133. The molecule has 0 aliphatic carbocycles. The number of nitrogens with zero attached hydrogens (tertiary/aromatic N) is 1. The number of nitro groups is 1. The summed E-state index contributed by atoms with van der Waals surface area (Å²) in [5.41, 5.74) is -1.72. The minimum Gasteiger partial charge on any atom is -0.482 e. The first-order valence-corrected chi connectivity index (χ1v) is 5.61. The molecule has 1 fully saturated rings. The highest BCUT2D eigenvalue weighted by molar-refractivity contribution is 5.49. The molecule has 1 aromatic rings. The Morgan fingerprint density at radius 2 is 2.16 bits per heavy atom. The van der Waals surface area contributed by atoms with Crippen molar-refractivity contribution in [1.82, 2.24) is 5.32 Å². The van der Waals surface area contributed by atoms with Crippen LogP contribution in [0.3, 0.4) is 0 Å². The van der Waals surface area contributed by atoms with Crippen molar-refractivity contribution >= 4 is 5.69 Å². The van der Waals surface area contributed by atoms with Gasteiger partial charge in [-0.2, -0.15) is 13.2 Å². The van der Waals surface area contributed by atoms with Crippen LogP contribution in [0, 0.1) is 10.1 Å². The van der Waals surface area contributed by atoms with Crippen LogP contribution in [0.15, 0.2) is 18.2 Å². The molecule has 2 rings (SSSR count). The highest BCUT2D eigenvalue weighted by Gasteiger charge is 2.33. The molecule has 1 unspecified atom stereocenters. The lowest BCUT2D eigenvalue weighted by Gasteiger charge is -2.13. The van der Waals surface area contributed by atoms with E-state index in [1.54, 1.807) is 0 Å². The number of hydrogen-bond donors (Lipinski definition) is 1. The van der Waals surface area contributed by atoms with Gasteiger partial charge in [0.2, 0.25) is 0 Å². The van der Waals surface area contributed by atoms with Crippen molar-refractivity contribution < 1.29 is 22.8 Å². The van der Waals surface area contributed by atoms with Gasteiger partial charge >= 0.3 is 11.9 Å². The molecule has 1 heterocycles. The monoisotopic (exact) mass is 276 g/mol. The van der Waals surface area contributed by atoms with Gasteiger partial charge in [-0.1, -0.05) is 0 Å². The number of hydrogen-bond acceptors (Lipinski definition) is 4. The van der Waals surface area contributed by atoms with Crippen LogP contribution in [0.5, 0.6) is 5.75 Å². The number of nitrogens with one attached hydrogen (secondary N) is 1. The summed E-state index contributed by atoms with van der Waals surface area (Å²) in [7, 11) is 0. The van der Waals surface area contributed by atoms with Gasteiger partial charge in [-0.25, -0.2) is 0 Å². The summed E-state index contributed by atoms with van der Waals surface area (Å²) in [6.45, 7) is 1.25. The molecule has 1 aromatic carbocycles. The standard InChI is InChI=1S/C11H11F3N2O3/c12-11(13,14)7-1-2-10(9(5-7)16(17)18)19-8-3-4-15-6-8/h1-2,5,8,15H,3-4,6H2. The van der Waals surface area contributed by atoms with Gasteiger partial charge in [0.15, 0.2) is 5.75 Å². The molecular formula is C11H11F3N2O3. The van der Waals surface area contributed by atoms with Gasteiger partial charge in [-0.3, -0.25) is 10.1 Å². The Hall–Kier alpha value is -1.83. The molecule has 1 N–H and O–H groups in total. The number of benzene rings is 1. The molecular weight excluding hydrogens is 265 g/mol. The van der Waals surface area contributed by atoms with Gasteiger partial charge in [-0.15, -0.1) is 0 Å². The number of halogens is 3. The van der Waals surface area contributed by atoms with Crippen LogP contribution >= 0.6 is 0 Å². The lowest BCUT2D eigenvalue weighted by atomic mass is 10.2. The fourth-order valence-corrected chi connectivity index (χ4v) is 1.84. The zero-order chi connectivity index (χ0) is 14.0. The fraction of sp³-hybridized carbons (Fsp3) is 0.455. The predicted octanol–water partition coefficient (Wildman–Crippen LogP) is 2.35. The second-order valence-electron chi connectivity index (χ2n) is 4.17. The molecule has 5 nitrogen and oxygen atoms in total. The summed E-state index contributed by atoms with van der Waals surface area (Å²) in [6, 6.07) is 2.28. The summed E-state index contributed by atoms with van der Waals surface area (Å²) < 4.78 is 42.8. The van der Waals surface area contributed by atoms with Gasteiger partial charge in [0.05, 0.1) is 10.5 Å². The molecule has 0 bridgehead atoms. The smallest absolute Gasteiger partial charge is 0.416 e. The molecule has 1 saturated heterocycles. The lowest BCUT2D eigenvalue weighted by molar-refractivity contribution is -0.386. The van der Waals surface area contributed by atoms with Crippen molar-refractivity contribution in [3.63, 3.8) is 0 Å². The second kappa shape index (κ2) is 5.04. The van der Waals surface area contributed by atoms with Crippen molar-refractivity contribution in [1.29, 1.82) is 0 Å². The van der Waals surface area contributed by atoms with E-state index >= 15 is 0 Å². The van der Waals surface area contributed by atoms with E-state index in [9.17, 15) is 23.3 Å². The molecule has 0 radical (unpaired) electrons. The van der Waals surface area contributed by atoms with E-state index in [0.717, 1.165) is 18.7 Å². The minimum atomic E-state index is -4.61. The van der Waals surface area contributed by atoms with E-state index < -0.39 is 22.4 Å². The van der Waals surface area contributed by atoms with Crippen molar-refractivity contribution in [2.75, 3.05) is 13.1 Å². The Morgan fingerprint density at radius 3 is 2.68 bits per heavy atom. The molecule has 0 aromatic heterocycles. The third-order valence-electron chi connectivity index (χ3n) is 2.79. The second-order valence-corrected chi connectivity index (χ2v) is 4.17. The Kier molecular flexibility index (Phi) is 3.61. The van der Waals surface area contributed by atoms with Crippen LogP contribution in [0.4, 0.5) is 18.9 Å². The highest BCUT2D eigenvalue weighted by atomic mass is 19.4. The molecule has 0 amide bonds. The van der Waals surface area contributed by atoms with Crippen molar-refractivity contribution in [3.8, 4) is 5.75 Å². The number of nitro benzene ring substituents is 1. The first-order valence-electron chi connectivity index (χ1n) is 5.61. The Morgan fingerprint density at radius 1 is 1.42 bits per heavy atom. The van der Waals surface area contributed by atoms with Crippen molar-refractivity contribution in [3.05, 3.63) is 33.9 Å². The maximum absolute atomic E-state index is 12.5. The van der Waals surface area contributed by atoms with Crippen molar-refractivity contribution in [2.24, 2.45) is 0 Å². The lowest BCUT2D eigenvalue weighted by Crippen LogP contribution is -2.20. The quantitative estimate of drug-likeness (QED) is 0.680. The SMILES string of the molecule is O=[N+]([O-])c1cc(C(F)(F)F)ccc1OC1CCNC1. The third kappa shape index (κ3) is 3.14. The fourth-order valence-electron chi connectivity index (χ4n) is 1.84. The average molecular weight is 276 g/mol. The molecule has 1 aliphatic heterocycles. The zero-order valence-electron chi connectivity index (χ0n) is 9.74. The molecule has 1 atom stereocenters.